The molecule has 2 aliphatic carbocycles. The number of ether oxygens (including phenoxy) is 1. The highest BCUT2D eigenvalue weighted by Crippen LogP contribution is 2.33. The van der Waals surface area contributed by atoms with E-state index in [9.17, 15) is 14.4 Å². The molecule has 1 aromatic carbocycles. The number of carboxylic acid groups (broad SMARTS) is 1. The normalized spacial score (nSPS) is 20.9. The van der Waals surface area contributed by atoms with Crippen LogP contribution >= 0.6 is 0 Å². The summed E-state index contributed by atoms with van der Waals surface area (Å²) in [5.41, 5.74) is 0.707. The molecule has 0 atom stereocenters. The van der Waals surface area contributed by atoms with Crippen LogP contribution in [0.25, 0.3) is 0 Å². The molecule has 28 heavy (non-hydrogen) atoms. The van der Waals surface area contributed by atoms with Gasteiger partial charge in [0, 0.05) is 18.6 Å². The Labute approximate surface area is 164 Å². The minimum absolute atomic E-state index is 0.00439. The predicted octanol–water partition coefficient (Wildman–Crippen LogP) is 2.31. The summed E-state index contributed by atoms with van der Waals surface area (Å²) < 4.78 is 5.01. The lowest BCUT2D eigenvalue weighted by Crippen LogP contribution is -2.55. The van der Waals surface area contributed by atoms with E-state index >= 15 is 0 Å². The van der Waals surface area contributed by atoms with Gasteiger partial charge in [0.05, 0.1) is 24.4 Å². The Balaban J connectivity index is 1.49. The van der Waals surface area contributed by atoms with Gasteiger partial charge in [0.1, 0.15) is 0 Å². The number of carbonyl (C=O) groups excluding carboxylic acids is 2. The third-order valence-corrected chi connectivity index (χ3v) is 5.16. The van der Waals surface area contributed by atoms with Crippen molar-refractivity contribution in [2.75, 3.05) is 25.0 Å². The van der Waals surface area contributed by atoms with E-state index in [0.717, 1.165) is 19.4 Å². The molecule has 0 aliphatic heterocycles. The SMILES string of the molecule is CCOC(=O)c1ccccc1NC(=O)NC1CC(N(CC(=O)O)CC2CC2)C1. The van der Waals surface area contributed by atoms with E-state index in [0.29, 0.717) is 17.2 Å². The summed E-state index contributed by atoms with van der Waals surface area (Å²) in [5.74, 6) is -0.675. The van der Waals surface area contributed by atoms with Crippen molar-refractivity contribution >= 4 is 23.7 Å². The van der Waals surface area contributed by atoms with Crippen molar-refractivity contribution in [1.29, 1.82) is 0 Å². The molecule has 0 saturated heterocycles. The van der Waals surface area contributed by atoms with Gasteiger partial charge in [-0.25, -0.2) is 9.59 Å². The third kappa shape index (κ3) is 5.45. The molecule has 8 heteroatoms. The zero-order valence-electron chi connectivity index (χ0n) is 16.0. The minimum atomic E-state index is -0.814. The van der Waals surface area contributed by atoms with Crippen molar-refractivity contribution in [1.82, 2.24) is 10.2 Å². The van der Waals surface area contributed by atoms with E-state index in [-0.39, 0.29) is 31.3 Å². The molecular weight excluding hydrogens is 362 g/mol. The second kappa shape index (κ2) is 9.05. The topological polar surface area (TPSA) is 108 Å². The fourth-order valence-corrected chi connectivity index (χ4v) is 3.48. The highest BCUT2D eigenvalue weighted by molar-refractivity contribution is 6.00. The molecule has 2 fully saturated rings. The molecule has 8 nitrogen and oxygen atoms in total. The molecule has 0 aromatic heterocycles. The number of rotatable bonds is 9. The maximum Gasteiger partial charge on any atom is 0.340 e. The largest absolute Gasteiger partial charge is 0.480 e. The number of anilines is 1. The lowest BCUT2D eigenvalue weighted by molar-refractivity contribution is -0.139. The zero-order valence-corrected chi connectivity index (χ0v) is 16.0. The van der Waals surface area contributed by atoms with Gasteiger partial charge >= 0.3 is 18.0 Å². The molecule has 1 aromatic rings. The molecule has 3 rings (SSSR count). The zero-order chi connectivity index (χ0) is 20.1. The Morgan fingerprint density at radius 1 is 1.21 bits per heavy atom. The fraction of sp³-hybridized carbons (Fsp3) is 0.550. The summed E-state index contributed by atoms with van der Waals surface area (Å²) in [6.45, 7) is 2.86. The minimum Gasteiger partial charge on any atom is -0.480 e. The highest BCUT2D eigenvalue weighted by Gasteiger charge is 2.37. The first kappa shape index (κ1) is 20.1. The van der Waals surface area contributed by atoms with E-state index < -0.39 is 11.9 Å². The summed E-state index contributed by atoms with van der Waals surface area (Å²) in [6.07, 6.45) is 3.81. The molecule has 152 valence electrons. The van der Waals surface area contributed by atoms with Crippen molar-refractivity contribution in [3.63, 3.8) is 0 Å². The Morgan fingerprint density at radius 3 is 2.57 bits per heavy atom. The van der Waals surface area contributed by atoms with Crippen molar-refractivity contribution in [3.05, 3.63) is 29.8 Å². The lowest BCUT2D eigenvalue weighted by atomic mass is 9.85. The van der Waals surface area contributed by atoms with Crippen molar-refractivity contribution in [3.8, 4) is 0 Å². The Kier molecular flexibility index (Phi) is 6.51. The molecule has 2 amide bonds. The van der Waals surface area contributed by atoms with E-state index in [1.54, 1.807) is 31.2 Å². The number of urea groups is 1. The molecule has 2 saturated carbocycles. The quantitative estimate of drug-likeness (QED) is 0.560. The molecule has 0 spiro atoms. The summed E-state index contributed by atoms with van der Waals surface area (Å²) in [5, 5.41) is 14.7. The van der Waals surface area contributed by atoms with E-state index in [4.69, 9.17) is 9.84 Å². The number of para-hydroxylation sites is 1. The second-order valence-corrected chi connectivity index (χ2v) is 7.45. The van der Waals surface area contributed by atoms with Crippen molar-refractivity contribution < 1.29 is 24.2 Å². The van der Waals surface area contributed by atoms with E-state index in [2.05, 4.69) is 10.6 Å². The number of carboxylic acids is 1. The smallest absolute Gasteiger partial charge is 0.340 e. The average Bonchev–Trinajstić information content (AvgIpc) is 3.41. The van der Waals surface area contributed by atoms with E-state index in [1.807, 2.05) is 4.90 Å². The molecule has 0 radical (unpaired) electrons. The Bertz CT molecular complexity index is 728. The van der Waals surface area contributed by atoms with Gasteiger partial charge in [-0.05, 0) is 50.7 Å². The first-order valence-electron chi connectivity index (χ1n) is 9.75. The van der Waals surface area contributed by atoms with Crippen LogP contribution < -0.4 is 10.6 Å². The van der Waals surface area contributed by atoms with Crippen LogP contribution in [-0.2, 0) is 9.53 Å². The monoisotopic (exact) mass is 389 g/mol. The van der Waals surface area contributed by atoms with Gasteiger partial charge in [-0.3, -0.25) is 9.69 Å². The number of hydrogen-bond donors (Lipinski definition) is 3. The number of hydrogen-bond acceptors (Lipinski definition) is 5. The van der Waals surface area contributed by atoms with Crippen molar-refractivity contribution in [2.45, 2.75) is 44.7 Å². The molecule has 2 aliphatic rings. The number of amides is 2. The first-order chi connectivity index (χ1) is 13.5. The number of aliphatic carboxylic acids is 1. The molecule has 3 N–H and O–H groups in total. The standard InChI is InChI=1S/C20H27N3O5/c1-2-28-19(26)16-5-3-4-6-17(16)22-20(27)21-14-9-15(10-14)23(12-18(24)25)11-13-7-8-13/h3-6,13-15H,2,7-12H2,1H3,(H,24,25)(H2,21,22,27). The first-order valence-corrected chi connectivity index (χ1v) is 9.75. The second-order valence-electron chi connectivity index (χ2n) is 7.45. The van der Waals surface area contributed by atoms with Crippen LogP contribution in [0.4, 0.5) is 10.5 Å². The Hall–Kier alpha value is -2.61. The highest BCUT2D eigenvalue weighted by atomic mass is 16.5. The number of nitrogens with zero attached hydrogens (tertiary/aromatic N) is 1. The maximum absolute atomic E-state index is 12.3. The van der Waals surface area contributed by atoms with Crippen molar-refractivity contribution in [2.24, 2.45) is 5.92 Å². The number of nitrogens with one attached hydrogen (secondary N) is 2. The molecule has 0 bridgehead atoms. The molecular formula is C20H27N3O5. The van der Waals surface area contributed by atoms with E-state index in [1.165, 1.54) is 12.8 Å². The summed E-state index contributed by atoms with van der Waals surface area (Å²) >= 11 is 0. The summed E-state index contributed by atoms with van der Waals surface area (Å²) in [4.78, 5) is 37.4. The van der Waals surface area contributed by atoms with Gasteiger partial charge in [0.15, 0.2) is 0 Å². The average molecular weight is 389 g/mol. The fourth-order valence-electron chi connectivity index (χ4n) is 3.48. The lowest BCUT2D eigenvalue weighted by Gasteiger charge is -2.42. The van der Waals surface area contributed by atoms with Gasteiger partial charge < -0.3 is 20.5 Å². The van der Waals surface area contributed by atoms with Crippen LogP contribution in [0, 0.1) is 5.92 Å². The Morgan fingerprint density at radius 2 is 1.93 bits per heavy atom. The van der Waals surface area contributed by atoms with Crippen LogP contribution in [0.2, 0.25) is 0 Å². The van der Waals surface area contributed by atoms with Gasteiger partial charge in [-0.1, -0.05) is 12.1 Å². The predicted molar refractivity (Wildman–Crippen MR) is 103 cm³/mol. The van der Waals surface area contributed by atoms with Crippen LogP contribution in [0.1, 0.15) is 43.0 Å². The van der Waals surface area contributed by atoms with Gasteiger partial charge in [0.25, 0.3) is 0 Å². The van der Waals surface area contributed by atoms with Gasteiger partial charge in [-0.2, -0.15) is 0 Å². The van der Waals surface area contributed by atoms with Crippen LogP contribution in [-0.4, -0.2) is 59.8 Å². The van der Waals surface area contributed by atoms with Crippen LogP contribution in [0.5, 0.6) is 0 Å². The van der Waals surface area contributed by atoms with Crippen LogP contribution in [0.15, 0.2) is 24.3 Å². The number of benzene rings is 1. The van der Waals surface area contributed by atoms with Gasteiger partial charge in [-0.15, -0.1) is 0 Å². The molecule has 0 unspecified atom stereocenters. The third-order valence-electron chi connectivity index (χ3n) is 5.16. The summed E-state index contributed by atoms with van der Waals surface area (Å²) in [6, 6.07) is 6.51. The van der Waals surface area contributed by atoms with Crippen LogP contribution in [0.3, 0.4) is 0 Å². The number of esters is 1. The maximum atomic E-state index is 12.3. The molecule has 0 heterocycles. The van der Waals surface area contributed by atoms with Gasteiger partial charge in [0.2, 0.25) is 0 Å². The number of carbonyl (C=O) groups is 3. The summed E-state index contributed by atoms with van der Waals surface area (Å²) in [7, 11) is 0.